The average molecular weight is 577 g/mol. The molecule has 0 saturated heterocycles. The normalized spacial score (nSPS) is 18.0. The van der Waals surface area contributed by atoms with Crippen LogP contribution in [0.1, 0.15) is 38.6 Å². The van der Waals surface area contributed by atoms with E-state index in [0.29, 0.717) is 10.7 Å². The Balaban J connectivity index is 0.000000204. The van der Waals surface area contributed by atoms with Crippen molar-refractivity contribution >= 4 is 39.8 Å². The van der Waals surface area contributed by atoms with Gasteiger partial charge in [-0.1, -0.05) is 64.9 Å². The summed E-state index contributed by atoms with van der Waals surface area (Å²) in [6.07, 6.45) is 10.8. The van der Waals surface area contributed by atoms with Crippen molar-refractivity contribution < 1.29 is 51.0 Å². The smallest absolute Gasteiger partial charge is 1.00 e. The molecule has 0 radical (unpaired) electrons. The standard InChI is InChI=1S/C15H9S.C9H6Br.2ClH.Zr/c1-2-13-12-8-9-14(13)15(3-1)16-11-6-4-10(12)5-7-11;10-9-6-5-7-3-1-2-4-8(7)9;;;/h1-7,9,12H;1-5,9H;2*1H;/q2*-1;;;+4/p-2. The van der Waals surface area contributed by atoms with Gasteiger partial charge in [-0.3, -0.25) is 12.2 Å². The minimum absolute atomic E-state index is 0. The van der Waals surface area contributed by atoms with E-state index in [0.717, 1.165) is 0 Å². The summed E-state index contributed by atoms with van der Waals surface area (Å²) >= 11 is 5.34. The molecule has 0 aromatic heterocycles. The molecule has 0 spiro atoms. The molecule has 29 heavy (non-hydrogen) atoms. The Hall–Kier alpha value is -0.567. The van der Waals surface area contributed by atoms with Crippen LogP contribution in [-0.4, -0.2) is 0 Å². The molecule has 6 bridgehead atoms. The second-order valence-electron chi connectivity index (χ2n) is 6.48. The molecule has 2 heterocycles. The van der Waals surface area contributed by atoms with Gasteiger partial charge in [0.05, 0.1) is 0 Å². The molecule has 0 N–H and O–H groups in total. The van der Waals surface area contributed by atoms with Crippen LogP contribution in [-0.2, 0) is 26.2 Å². The minimum atomic E-state index is 0. The van der Waals surface area contributed by atoms with Gasteiger partial charge >= 0.3 is 26.2 Å². The maximum Gasteiger partial charge on any atom is 4.00 e. The van der Waals surface area contributed by atoms with Gasteiger partial charge in [0, 0.05) is 4.90 Å². The summed E-state index contributed by atoms with van der Waals surface area (Å²) < 4.78 is 0. The van der Waals surface area contributed by atoms with Gasteiger partial charge in [0.15, 0.2) is 0 Å². The molecule has 3 aromatic rings. The monoisotopic (exact) mass is 574 g/mol. The largest absolute Gasteiger partial charge is 4.00 e. The first-order valence-corrected chi connectivity index (χ1v) is 10.3. The van der Waals surface area contributed by atoms with E-state index in [2.05, 4.69) is 88.8 Å². The third kappa shape index (κ3) is 4.86. The van der Waals surface area contributed by atoms with Crippen molar-refractivity contribution in [2.24, 2.45) is 0 Å². The van der Waals surface area contributed by atoms with Crippen molar-refractivity contribution in [3.63, 3.8) is 0 Å². The SMILES string of the molecule is BrC1[C-]=Cc2ccccc21.[C-]1=Cc2c3cccc2C1c1ccc(cc1)S3.[Cl-].[Cl-].[Zr+4]. The maximum absolute atomic E-state index is 3.49. The van der Waals surface area contributed by atoms with Gasteiger partial charge in [0.25, 0.3) is 0 Å². The number of allylic oxidation sites excluding steroid dienone is 2. The zero-order valence-electron chi connectivity index (χ0n) is 15.2. The zero-order valence-corrected chi connectivity index (χ0v) is 21.6. The Morgan fingerprint density at radius 3 is 2.24 bits per heavy atom. The Morgan fingerprint density at radius 2 is 1.48 bits per heavy atom. The molecular formula is C24H15BrCl2SZr. The van der Waals surface area contributed by atoms with E-state index < -0.39 is 0 Å². The number of hydrogen-bond donors (Lipinski definition) is 0. The van der Waals surface area contributed by atoms with Crippen LogP contribution in [0.4, 0.5) is 0 Å². The maximum atomic E-state index is 3.49. The molecule has 2 unspecified atom stereocenters. The summed E-state index contributed by atoms with van der Waals surface area (Å²) in [5.74, 6) is 0.336. The predicted octanol–water partition coefficient (Wildman–Crippen LogP) is 1.07. The van der Waals surface area contributed by atoms with Gasteiger partial charge < -0.3 is 24.8 Å². The van der Waals surface area contributed by atoms with Crippen LogP contribution >= 0.6 is 27.7 Å². The first-order chi connectivity index (χ1) is 12.8. The van der Waals surface area contributed by atoms with Crippen LogP contribution in [0.3, 0.4) is 0 Å². The number of halogens is 3. The van der Waals surface area contributed by atoms with Gasteiger partial charge in [0.2, 0.25) is 0 Å². The summed E-state index contributed by atoms with van der Waals surface area (Å²) in [5, 5.41) is 0. The minimum Gasteiger partial charge on any atom is -1.00 e. The van der Waals surface area contributed by atoms with Crippen LogP contribution in [0.2, 0.25) is 0 Å². The Morgan fingerprint density at radius 1 is 0.759 bits per heavy atom. The summed E-state index contributed by atoms with van der Waals surface area (Å²) in [7, 11) is 0. The van der Waals surface area contributed by atoms with E-state index in [4.69, 9.17) is 0 Å². The van der Waals surface area contributed by atoms with E-state index >= 15 is 0 Å². The third-order valence-corrected chi connectivity index (χ3v) is 6.74. The number of fused-ring (bicyclic) bond motifs is 3. The van der Waals surface area contributed by atoms with Crippen molar-refractivity contribution in [1.82, 2.24) is 0 Å². The number of hydrogen-bond acceptors (Lipinski definition) is 1. The first-order valence-electron chi connectivity index (χ1n) is 8.62. The second-order valence-corrected chi connectivity index (χ2v) is 8.51. The topological polar surface area (TPSA) is 0 Å². The van der Waals surface area contributed by atoms with Crippen LogP contribution in [0, 0.1) is 12.2 Å². The Kier molecular flexibility index (Phi) is 9.07. The van der Waals surface area contributed by atoms with E-state index in [-0.39, 0.29) is 51.0 Å². The third-order valence-electron chi connectivity index (χ3n) is 4.90. The zero-order chi connectivity index (χ0) is 17.5. The molecule has 0 fully saturated rings. The van der Waals surface area contributed by atoms with E-state index in [1.54, 1.807) is 0 Å². The molecular weight excluding hydrogens is 562 g/mol. The van der Waals surface area contributed by atoms with E-state index in [1.807, 2.05) is 30.0 Å². The quantitative estimate of drug-likeness (QED) is 0.285. The van der Waals surface area contributed by atoms with Crippen molar-refractivity contribution in [3.8, 4) is 0 Å². The molecule has 2 atom stereocenters. The molecule has 0 nitrogen and oxygen atoms in total. The Bertz CT molecular complexity index is 1050. The summed E-state index contributed by atoms with van der Waals surface area (Å²) in [6, 6.07) is 23.7. The van der Waals surface area contributed by atoms with Crippen LogP contribution in [0.5, 0.6) is 0 Å². The molecule has 2 aliphatic heterocycles. The van der Waals surface area contributed by atoms with Crippen molar-refractivity contribution in [2.45, 2.75) is 20.5 Å². The van der Waals surface area contributed by atoms with E-state index in [1.165, 1.54) is 37.6 Å². The van der Waals surface area contributed by atoms with Gasteiger partial charge in [-0.2, -0.15) is 11.1 Å². The molecule has 5 heteroatoms. The molecule has 4 aliphatic rings. The van der Waals surface area contributed by atoms with Crippen molar-refractivity contribution in [1.29, 1.82) is 0 Å². The average Bonchev–Trinajstić information content (AvgIpc) is 3.29. The van der Waals surface area contributed by atoms with Gasteiger partial charge in [-0.25, -0.2) is 12.2 Å². The van der Waals surface area contributed by atoms with Gasteiger partial charge in [-0.15, -0.1) is 44.9 Å². The molecule has 2 aliphatic carbocycles. The molecule has 0 amide bonds. The summed E-state index contributed by atoms with van der Waals surface area (Å²) in [5.41, 5.74) is 6.71. The predicted molar refractivity (Wildman–Crippen MR) is 112 cm³/mol. The number of alkyl halides is 1. The van der Waals surface area contributed by atoms with Crippen LogP contribution in [0.25, 0.3) is 12.2 Å². The number of benzene rings is 3. The molecule has 0 saturated carbocycles. The van der Waals surface area contributed by atoms with Gasteiger partial charge in [0.1, 0.15) is 0 Å². The summed E-state index contributed by atoms with van der Waals surface area (Å²) in [4.78, 5) is 2.97. The number of rotatable bonds is 0. The van der Waals surface area contributed by atoms with Crippen LogP contribution in [0.15, 0.2) is 76.5 Å². The molecule has 142 valence electrons. The second kappa shape index (κ2) is 10.6. The Labute approximate surface area is 216 Å². The van der Waals surface area contributed by atoms with Crippen LogP contribution < -0.4 is 24.8 Å². The fourth-order valence-corrected chi connectivity index (χ4v) is 5.08. The fourth-order valence-electron chi connectivity index (χ4n) is 3.57. The first kappa shape index (κ1) is 24.7. The van der Waals surface area contributed by atoms with Gasteiger partial charge in [-0.05, 0) is 17.0 Å². The van der Waals surface area contributed by atoms with Crippen molar-refractivity contribution in [3.05, 3.63) is 107 Å². The fraction of sp³-hybridized carbons (Fsp3) is 0.0833. The summed E-state index contributed by atoms with van der Waals surface area (Å²) in [6.45, 7) is 0. The molecule has 7 rings (SSSR count). The van der Waals surface area contributed by atoms with Crippen molar-refractivity contribution in [2.75, 3.05) is 0 Å². The van der Waals surface area contributed by atoms with E-state index in [9.17, 15) is 0 Å². The molecule has 3 aromatic carbocycles.